The maximum Gasteiger partial charge on any atom is 0.460 e. The van der Waals surface area contributed by atoms with Gasteiger partial charge in [0.15, 0.2) is 12.4 Å². The van der Waals surface area contributed by atoms with Crippen LogP contribution in [-0.2, 0) is 4.79 Å². The van der Waals surface area contributed by atoms with Gasteiger partial charge in [-0.05, 0) is 36.0 Å². The zero-order valence-corrected chi connectivity index (χ0v) is 19.0. The number of rotatable bonds is 8. The molecule has 0 N–H and O–H groups in total. The SMILES string of the molecule is O=C(COc1ccc(SC(F)(F)C(F)(F)C(F)(F)F)cc1[N+](=O)[O-])N1CCN(c2ccccc2)CC1. The van der Waals surface area contributed by atoms with Crippen molar-refractivity contribution in [1.82, 2.24) is 4.90 Å². The quantitative estimate of drug-likeness (QED) is 0.198. The first-order valence-corrected chi connectivity index (χ1v) is 11.0. The van der Waals surface area contributed by atoms with Crippen molar-refractivity contribution in [3.05, 3.63) is 58.6 Å². The van der Waals surface area contributed by atoms with Crippen LogP contribution in [0.25, 0.3) is 0 Å². The first-order chi connectivity index (χ1) is 16.7. The second kappa shape index (κ2) is 10.4. The number of nitrogens with zero attached hydrogens (tertiary/aromatic N) is 3. The number of amides is 1. The van der Waals surface area contributed by atoms with E-state index in [1.165, 1.54) is 4.90 Å². The van der Waals surface area contributed by atoms with Crippen LogP contribution < -0.4 is 9.64 Å². The molecular formula is C21H18F7N3O4S. The Labute approximate surface area is 203 Å². The number of nitro groups is 1. The number of alkyl halides is 7. The summed E-state index contributed by atoms with van der Waals surface area (Å²) in [5.41, 5.74) is 0.000768. The van der Waals surface area contributed by atoms with Crippen molar-refractivity contribution in [2.75, 3.05) is 37.7 Å². The highest BCUT2D eigenvalue weighted by molar-refractivity contribution is 8.00. The molecule has 36 heavy (non-hydrogen) atoms. The lowest BCUT2D eigenvalue weighted by atomic mass is 10.2. The minimum atomic E-state index is -6.54. The van der Waals surface area contributed by atoms with Crippen LogP contribution in [0.4, 0.5) is 42.1 Å². The van der Waals surface area contributed by atoms with Crippen LogP contribution in [0.2, 0.25) is 0 Å². The van der Waals surface area contributed by atoms with Crippen molar-refractivity contribution >= 4 is 29.0 Å². The summed E-state index contributed by atoms with van der Waals surface area (Å²) in [6.07, 6.45) is -6.54. The molecule has 0 saturated carbocycles. The third kappa shape index (κ3) is 5.94. The molecule has 1 aliphatic rings. The summed E-state index contributed by atoms with van der Waals surface area (Å²) in [5, 5.41) is 5.67. The number of benzene rings is 2. The lowest BCUT2D eigenvalue weighted by Crippen LogP contribution is -2.50. The Morgan fingerprint density at radius 1 is 0.972 bits per heavy atom. The van der Waals surface area contributed by atoms with Crippen LogP contribution in [0.15, 0.2) is 53.4 Å². The van der Waals surface area contributed by atoms with E-state index in [-0.39, 0.29) is 0 Å². The predicted molar refractivity (Wildman–Crippen MR) is 116 cm³/mol. The van der Waals surface area contributed by atoms with Gasteiger partial charge in [0.25, 0.3) is 5.91 Å². The van der Waals surface area contributed by atoms with Crippen LogP contribution in [0.5, 0.6) is 5.75 Å². The highest BCUT2D eigenvalue weighted by Crippen LogP contribution is 2.54. The Hall–Kier alpha value is -3.23. The second-order valence-electron chi connectivity index (χ2n) is 7.57. The number of halogens is 7. The molecular weight excluding hydrogens is 523 g/mol. The van der Waals surface area contributed by atoms with Gasteiger partial charge >= 0.3 is 23.0 Å². The molecule has 1 fully saturated rings. The average molecular weight is 541 g/mol. The van der Waals surface area contributed by atoms with E-state index >= 15 is 0 Å². The lowest BCUT2D eigenvalue weighted by Gasteiger charge is -2.36. The lowest BCUT2D eigenvalue weighted by molar-refractivity contribution is -0.386. The number of hydrogen-bond acceptors (Lipinski definition) is 6. The van der Waals surface area contributed by atoms with Crippen molar-refractivity contribution in [3.63, 3.8) is 0 Å². The fraction of sp³-hybridized carbons (Fsp3) is 0.381. The summed E-state index contributed by atoms with van der Waals surface area (Å²) in [6, 6.07) is 11.3. The monoisotopic (exact) mass is 541 g/mol. The van der Waals surface area contributed by atoms with Gasteiger partial charge in [-0.3, -0.25) is 14.9 Å². The Morgan fingerprint density at radius 3 is 2.14 bits per heavy atom. The highest BCUT2D eigenvalue weighted by atomic mass is 32.2. The molecule has 0 aromatic heterocycles. The fourth-order valence-electron chi connectivity index (χ4n) is 3.29. The van der Waals surface area contributed by atoms with Crippen LogP contribution in [0, 0.1) is 10.1 Å². The summed E-state index contributed by atoms with van der Waals surface area (Å²) in [4.78, 5) is 25.3. The minimum absolute atomic E-state index is 0.345. The maximum absolute atomic E-state index is 13.7. The van der Waals surface area contributed by atoms with E-state index in [9.17, 15) is 45.6 Å². The van der Waals surface area contributed by atoms with Crippen LogP contribution in [-0.4, -0.2) is 65.9 Å². The summed E-state index contributed by atoms with van der Waals surface area (Å²) in [7, 11) is 0. The van der Waals surface area contributed by atoms with Gasteiger partial charge in [-0.2, -0.15) is 30.7 Å². The summed E-state index contributed by atoms with van der Waals surface area (Å²) >= 11 is -1.18. The largest absolute Gasteiger partial charge is 0.477 e. The van der Waals surface area contributed by atoms with E-state index in [0.29, 0.717) is 38.3 Å². The van der Waals surface area contributed by atoms with Gasteiger partial charge in [-0.25, -0.2) is 0 Å². The van der Waals surface area contributed by atoms with Crippen LogP contribution in [0.3, 0.4) is 0 Å². The Bertz CT molecular complexity index is 1090. The van der Waals surface area contributed by atoms with Gasteiger partial charge < -0.3 is 14.5 Å². The number of para-hydroxylation sites is 1. The van der Waals surface area contributed by atoms with Gasteiger partial charge in [0, 0.05) is 42.8 Å². The minimum Gasteiger partial charge on any atom is -0.477 e. The predicted octanol–water partition coefficient (Wildman–Crippen LogP) is 5.20. The van der Waals surface area contributed by atoms with E-state index in [1.54, 1.807) is 0 Å². The number of ether oxygens (including phenoxy) is 1. The third-order valence-electron chi connectivity index (χ3n) is 5.20. The molecule has 2 aromatic rings. The van der Waals surface area contributed by atoms with Gasteiger partial charge in [0.1, 0.15) is 0 Å². The van der Waals surface area contributed by atoms with E-state index in [0.717, 1.165) is 11.8 Å². The van der Waals surface area contributed by atoms with Crippen molar-refractivity contribution in [1.29, 1.82) is 0 Å². The summed E-state index contributed by atoms with van der Waals surface area (Å²) < 4.78 is 95.7. The number of hydrogen-bond donors (Lipinski definition) is 0. The molecule has 0 radical (unpaired) electrons. The molecule has 0 atom stereocenters. The van der Waals surface area contributed by atoms with Crippen LogP contribution in [0.1, 0.15) is 0 Å². The number of thioether (sulfide) groups is 1. The fourth-order valence-corrected chi connectivity index (χ4v) is 4.13. The smallest absolute Gasteiger partial charge is 0.460 e. The third-order valence-corrected chi connectivity index (χ3v) is 6.20. The van der Waals surface area contributed by atoms with Crippen molar-refractivity contribution in [2.45, 2.75) is 22.2 Å². The molecule has 15 heteroatoms. The van der Waals surface area contributed by atoms with Crippen molar-refractivity contribution in [2.24, 2.45) is 0 Å². The molecule has 2 aromatic carbocycles. The van der Waals surface area contributed by atoms with E-state index < -0.39 is 62.9 Å². The summed E-state index contributed by atoms with van der Waals surface area (Å²) in [6.45, 7) is 1.10. The number of piperazine rings is 1. The highest BCUT2D eigenvalue weighted by Gasteiger charge is 2.73. The van der Waals surface area contributed by atoms with E-state index in [4.69, 9.17) is 4.74 Å². The molecule has 196 valence electrons. The number of carbonyl (C=O) groups excluding carboxylic acids is 1. The second-order valence-corrected chi connectivity index (χ2v) is 8.76. The zero-order chi connectivity index (χ0) is 26.7. The normalized spacial score (nSPS) is 15.1. The molecule has 1 heterocycles. The molecule has 0 spiro atoms. The van der Waals surface area contributed by atoms with Gasteiger partial charge in [-0.1, -0.05) is 18.2 Å². The van der Waals surface area contributed by atoms with Gasteiger partial charge in [0.2, 0.25) is 0 Å². The molecule has 1 amide bonds. The average Bonchev–Trinajstić information content (AvgIpc) is 2.82. The molecule has 7 nitrogen and oxygen atoms in total. The van der Waals surface area contributed by atoms with E-state index in [1.807, 2.05) is 30.3 Å². The van der Waals surface area contributed by atoms with Gasteiger partial charge in [0.05, 0.1) is 4.92 Å². The van der Waals surface area contributed by atoms with E-state index in [2.05, 4.69) is 4.90 Å². The summed E-state index contributed by atoms with van der Waals surface area (Å²) in [5.74, 6) is -7.43. The van der Waals surface area contributed by atoms with Crippen molar-refractivity contribution in [3.8, 4) is 5.75 Å². The molecule has 0 aliphatic carbocycles. The standard InChI is InChI=1S/C21H18F7N3O4S/c22-19(23,20(24,25)26)21(27,28)36-15-6-7-17(16(12-15)31(33)34)35-13-18(32)30-10-8-29(9-11-30)14-4-2-1-3-5-14/h1-7,12H,8-11,13H2. The van der Waals surface area contributed by atoms with Crippen LogP contribution >= 0.6 is 11.8 Å². The Balaban J connectivity index is 1.64. The first-order valence-electron chi connectivity index (χ1n) is 10.2. The molecule has 0 bridgehead atoms. The Kier molecular flexibility index (Phi) is 7.91. The topological polar surface area (TPSA) is 75.9 Å². The van der Waals surface area contributed by atoms with Gasteiger partial charge in [-0.15, -0.1) is 0 Å². The molecule has 0 unspecified atom stereocenters. The Morgan fingerprint density at radius 2 is 1.58 bits per heavy atom. The van der Waals surface area contributed by atoms with Crippen molar-refractivity contribution < 1.29 is 45.2 Å². The number of nitro benzene ring substituents is 1. The number of carbonyl (C=O) groups is 1. The maximum atomic E-state index is 13.7. The first kappa shape index (κ1) is 27.4. The zero-order valence-electron chi connectivity index (χ0n) is 18.2. The molecule has 3 rings (SSSR count). The molecule has 1 saturated heterocycles. The number of anilines is 1. The molecule has 1 aliphatic heterocycles.